The highest BCUT2D eigenvalue weighted by Crippen LogP contribution is 2.34. The zero-order chi connectivity index (χ0) is 22.9. The third kappa shape index (κ3) is 4.10. The van der Waals surface area contributed by atoms with E-state index in [1.807, 2.05) is 4.90 Å². The Morgan fingerprint density at radius 3 is 2.73 bits per heavy atom. The second-order valence-electron chi connectivity index (χ2n) is 7.65. The number of amides is 1. The average Bonchev–Trinajstić information content (AvgIpc) is 3.50. The summed E-state index contributed by atoms with van der Waals surface area (Å²) in [4.78, 5) is 34.5. The van der Waals surface area contributed by atoms with Crippen LogP contribution >= 0.6 is 11.6 Å². The number of nitrogens with zero attached hydrogens (tertiary/aromatic N) is 4. The van der Waals surface area contributed by atoms with Crippen LogP contribution in [0.5, 0.6) is 0 Å². The molecule has 0 unspecified atom stereocenters. The topological polar surface area (TPSA) is 114 Å². The van der Waals surface area contributed by atoms with Gasteiger partial charge < -0.3 is 14.6 Å². The number of nitro groups is 1. The van der Waals surface area contributed by atoms with E-state index in [1.54, 1.807) is 48.7 Å². The molecule has 1 saturated heterocycles. The van der Waals surface area contributed by atoms with Crippen molar-refractivity contribution in [2.75, 3.05) is 23.3 Å². The highest BCUT2D eigenvalue weighted by atomic mass is 35.5. The molecule has 1 N–H and O–H groups in total. The van der Waals surface area contributed by atoms with Gasteiger partial charge in [0.1, 0.15) is 5.69 Å². The minimum absolute atomic E-state index is 0.0830. The molecule has 0 atom stereocenters. The van der Waals surface area contributed by atoms with E-state index in [9.17, 15) is 14.9 Å². The molecule has 3 heterocycles. The number of halogens is 1. The molecule has 0 saturated carbocycles. The van der Waals surface area contributed by atoms with Crippen LogP contribution in [0.25, 0.3) is 22.7 Å². The molecular formula is C23H18ClN5O4. The number of hydrogen-bond donors (Lipinski definition) is 1. The van der Waals surface area contributed by atoms with Gasteiger partial charge in [0.25, 0.3) is 11.6 Å². The smallest absolute Gasteiger partial charge is 0.293 e. The second-order valence-corrected chi connectivity index (χ2v) is 8.05. The lowest BCUT2D eigenvalue weighted by molar-refractivity contribution is -0.384. The van der Waals surface area contributed by atoms with E-state index in [0.29, 0.717) is 33.2 Å². The molecule has 5 rings (SSSR count). The van der Waals surface area contributed by atoms with E-state index in [-0.39, 0.29) is 17.1 Å². The number of fused-ring (bicyclic) bond motifs is 1. The van der Waals surface area contributed by atoms with Gasteiger partial charge in [0.2, 0.25) is 5.89 Å². The standard InChI is InChI=1S/C23H18ClN5O4/c24-17-7-6-15(13-16(17)23-27-21-20(33-23)4-3-9-25-21)26-22(30)14-5-8-18(19(12-14)29(31)32)28-10-1-2-11-28/h3-9,12-13H,1-2,10-11H2,(H,26,30). The Hall–Kier alpha value is -3.98. The van der Waals surface area contributed by atoms with Gasteiger partial charge in [0.05, 0.1) is 15.5 Å². The van der Waals surface area contributed by atoms with Crippen LogP contribution in [0.1, 0.15) is 23.2 Å². The van der Waals surface area contributed by atoms with Crippen molar-refractivity contribution in [1.82, 2.24) is 9.97 Å². The molecule has 1 fully saturated rings. The SMILES string of the molecule is O=C(Nc1ccc(Cl)c(-c2nc3ncccc3o2)c1)c1ccc(N2CCCC2)c([N+](=O)[O-])c1. The van der Waals surface area contributed by atoms with Gasteiger partial charge in [-0.1, -0.05) is 11.6 Å². The van der Waals surface area contributed by atoms with Crippen LogP contribution in [-0.2, 0) is 0 Å². The Kier molecular flexibility index (Phi) is 5.39. The number of benzene rings is 2. The van der Waals surface area contributed by atoms with Crippen LogP contribution in [0, 0.1) is 10.1 Å². The molecule has 2 aromatic carbocycles. The number of nitro benzene ring substituents is 1. The lowest BCUT2D eigenvalue weighted by atomic mass is 10.1. The lowest BCUT2D eigenvalue weighted by Gasteiger charge is -2.17. The van der Waals surface area contributed by atoms with Gasteiger partial charge in [-0.2, -0.15) is 4.98 Å². The maximum atomic E-state index is 12.9. The first-order valence-corrected chi connectivity index (χ1v) is 10.7. The summed E-state index contributed by atoms with van der Waals surface area (Å²) in [7, 11) is 0. The number of oxazole rings is 1. The maximum Gasteiger partial charge on any atom is 0.293 e. The van der Waals surface area contributed by atoms with Crippen molar-refractivity contribution >= 4 is 45.8 Å². The molecule has 4 aromatic rings. The molecule has 166 valence electrons. The minimum atomic E-state index is -0.474. The van der Waals surface area contributed by atoms with Gasteiger partial charge in [-0.3, -0.25) is 14.9 Å². The maximum absolute atomic E-state index is 12.9. The molecule has 1 aliphatic rings. The number of nitrogens with one attached hydrogen (secondary N) is 1. The second kappa shape index (κ2) is 8.51. The Balaban J connectivity index is 1.42. The summed E-state index contributed by atoms with van der Waals surface area (Å²) in [6.45, 7) is 1.54. The Morgan fingerprint density at radius 2 is 1.97 bits per heavy atom. The summed E-state index contributed by atoms with van der Waals surface area (Å²) in [5.41, 5.74) is 2.54. The molecule has 9 nitrogen and oxygen atoms in total. The van der Waals surface area contributed by atoms with E-state index < -0.39 is 10.8 Å². The van der Waals surface area contributed by atoms with Crippen molar-refractivity contribution in [3.05, 3.63) is 75.4 Å². The van der Waals surface area contributed by atoms with Crippen LogP contribution in [0.15, 0.2) is 59.1 Å². The van der Waals surface area contributed by atoms with Gasteiger partial charge in [0, 0.05) is 36.6 Å². The van der Waals surface area contributed by atoms with Crippen LogP contribution in [0.3, 0.4) is 0 Å². The number of carbonyl (C=O) groups is 1. The van der Waals surface area contributed by atoms with Crippen molar-refractivity contribution in [2.24, 2.45) is 0 Å². The largest absolute Gasteiger partial charge is 0.434 e. The number of carbonyl (C=O) groups excluding carboxylic acids is 1. The van der Waals surface area contributed by atoms with E-state index >= 15 is 0 Å². The quantitative estimate of drug-likeness (QED) is 0.315. The first kappa shape index (κ1) is 20.9. The predicted octanol–water partition coefficient (Wildman–Crippen LogP) is 5.30. The normalized spacial score (nSPS) is 13.4. The molecule has 0 radical (unpaired) electrons. The molecule has 33 heavy (non-hydrogen) atoms. The van der Waals surface area contributed by atoms with Crippen LogP contribution in [0.2, 0.25) is 5.02 Å². The van der Waals surface area contributed by atoms with E-state index in [4.69, 9.17) is 16.0 Å². The van der Waals surface area contributed by atoms with Crippen molar-refractivity contribution < 1.29 is 14.1 Å². The van der Waals surface area contributed by atoms with Gasteiger partial charge in [-0.05, 0) is 55.3 Å². The lowest BCUT2D eigenvalue weighted by Crippen LogP contribution is -2.19. The number of pyridine rings is 1. The first-order chi connectivity index (χ1) is 16.0. The van der Waals surface area contributed by atoms with E-state index in [2.05, 4.69) is 15.3 Å². The van der Waals surface area contributed by atoms with E-state index in [0.717, 1.165) is 25.9 Å². The van der Waals surface area contributed by atoms with Crippen LogP contribution in [-0.4, -0.2) is 33.9 Å². The summed E-state index contributed by atoms with van der Waals surface area (Å²) in [6, 6.07) is 12.9. The minimum Gasteiger partial charge on any atom is -0.434 e. The molecule has 2 aromatic heterocycles. The van der Waals surface area contributed by atoms with Crippen molar-refractivity contribution in [3.63, 3.8) is 0 Å². The Labute approximate surface area is 193 Å². The fourth-order valence-corrected chi connectivity index (χ4v) is 4.09. The summed E-state index contributed by atoms with van der Waals surface area (Å²) >= 11 is 6.33. The molecule has 0 bridgehead atoms. The molecular weight excluding hydrogens is 446 g/mol. The summed E-state index contributed by atoms with van der Waals surface area (Å²) in [5, 5.41) is 14.8. The van der Waals surface area contributed by atoms with Crippen LogP contribution in [0.4, 0.5) is 17.1 Å². The first-order valence-electron chi connectivity index (χ1n) is 10.4. The van der Waals surface area contributed by atoms with Gasteiger partial charge >= 0.3 is 0 Å². The van der Waals surface area contributed by atoms with Gasteiger partial charge in [-0.25, -0.2) is 4.98 Å². The Bertz CT molecular complexity index is 1350. The van der Waals surface area contributed by atoms with E-state index in [1.165, 1.54) is 6.07 Å². The summed E-state index contributed by atoms with van der Waals surface area (Å²) in [5.74, 6) is -0.200. The Morgan fingerprint density at radius 1 is 1.15 bits per heavy atom. The van der Waals surface area contributed by atoms with Gasteiger partial charge in [-0.15, -0.1) is 0 Å². The third-order valence-corrected chi connectivity index (χ3v) is 5.83. The molecule has 10 heteroatoms. The average molecular weight is 464 g/mol. The number of aromatic nitrogens is 2. The van der Waals surface area contributed by atoms with Crippen molar-refractivity contribution in [3.8, 4) is 11.5 Å². The number of hydrogen-bond acceptors (Lipinski definition) is 7. The van der Waals surface area contributed by atoms with Gasteiger partial charge in [0.15, 0.2) is 11.2 Å². The monoisotopic (exact) mass is 463 g/mol. The number of anilines is 2. The zero-order valence-corrected chi connectivity index (χ0v) is 18.1. The summed E-state index contributed by atoms with van der Waals surface area (Å²) in [6.07, 6.45) is 3.60. The highest BCUT2D eigenvalue weighted by Gasteiger charge is 2.24. The number of rotatable bonds is 5. The fourth-order valence-electron chi connectivity index (χ4n) is 3.89. The predicted molar refractivity (Wildman–Crippen MR) is 125 cm³/mol. The zero-order valence-electron chi connectivity index (χ0n) is 17.3. The molecule has 0 spiro atoms. The fraction of sp³-hybridized carbons (Fsp3) is 0.174. The van der Waals surface area contributed by atoms with Crippen LogP contribution < -0.4 is 10.2 Å². The van der Waals surface area contributed by atoms with Crippen molar-refractivity contribution in [1.29, 1.82) is 0 Å². The summed E-state index contributed by atoms with van der Waals surface area (Å²) < 4.78 is 5.73. The molecule has 0 aliphatic carbocycles. The highest BCUT2D eigenvalue weighted by molar-refractivity contribution is 6.33. The van der Waals surface area contributed by atoms with Crippen molar-refractivity contribution in [2.45, 2.75) is 12.8 Å². The molecule has 1 aliphatic heterocycles. The molecule has 1 amide bonds. The third-order valence-electron chi connectivity index (χ3n) is 5.50.